The largest absolute Gasteiger partial charge is 0.352 e. The molecule has 3 aliphatic rings. The molecule has 1 saturated heterocycles. The molecule has 1 atom stereocenters. The summed E-state index contributed by atoms with van der Waals surface area (Å²) in [5.74, 6) is 0.215. The molecule has 3 aromatic rings. The normalized spacial score (nSPS) is 21.0. The topological polar surface area (TPSA) is 73.2 Å². The van der Waals surface area contributed by atoms with Crippen molar-refractivity contribution in [2.75, 3.05) is 6.54 Å². The lowest BCUT2D eigenvalue weighted by molar-refractivity contribution is -0.146. The van der Waals surface area contributed by atoms with Crippen molar-refractivity contribution in [3.8, 4) is 17.2 Å². The molecule has 0 spiro atoms. The first-order valence-corrected chi connectivity index (χ1v) is 13.7. The average molecular weight is 496 g/mol. The second-order valence-electron chi connectivity index (χ2n) is 10.4. The van der Waals surface area contributed by atoms with Crippen molar-refractivity contribution in [1.29, 1.82) is 5.26 Å². The minimum Gasteiger partial charge on any atom is -0.352 e. The van der Waals surface area contributed by atoms with Crippen LogP contribution in [0.15, 0.2) is 66.0 Å². The Bertz CT molecular complexity index is 1330. The van der Waals surface area contributed by atoms with E-state index < -0.39 is 10.8 Å². The summed E-state index contributed by atoms with van der Waals surface area (Å²) in [5.41, 5.74) is 3.08. The molecule has 0 radical (unpaired) electrons. The second kappa shape index (κ2) is 8.90. The van der Waals surface area contributed by atoms with Crippen molar-refractivity contribution in [2.45, 2.75) is 51.1 Å². The zero-order valence-corrected chi connectivity index (χ0v) is 21.0. The van der Waals surface area contributed by atoms with E-state index in [-0.39, 0.29) is 17.9 Å². The van der Waals surface area contributed by atoms with Gasteiger partial charge in [-0.1, -0.05) is 54.6 Å². The molecule has 5 nitrogen and oxygen atoms in total. The molecular formula is C30H29N3O2S. The predicted octanol–water partition coefficient (Wildman–Crippen LogP) is 5.83. The Morgan fingerprint density at radius 2 is 1.72 bits per heavy atom. The first-order chi connectivity index (χ1) is 17.6. The number of nitrogens with one attached hydrogen (secondary N) is 1. The minimum absolute atomic E-state index is 0.0254. The van der Waals surface area contributed by atoms with E-state index in [0.29, 0.717) is 11.4 Å². The molecule has 1 N–H and O–H groups in total. The highest BCUT2D eigenvalue weighted by Crippen LogP contribution is 2.71. The van der Waals surface area contributed by atoms with Gasteiger partial charge < -0.3 is 10.2 Å². The van der Waals surface area contributed by atoms with E-state index in [2.05, 4.69) is 28.4 Å². The minimum atomic E-state index is -0.549. The fourth-order valence-electron chi connectivity index (χ4n) is 6.15. The van der Waals surface area contributed by atoms with E-state index in [1.165, 1.54) is 16.9 Å². The summed E-state index contributed by atoms with van der Waals surface area (Å²) in [5, 5.41) is 14.4. The van der Waals surface area contributed by atoms with Crippen molar-refractivity contribution >= 4 is 23.2 Å². The van der Waals surface area contributed by atoms with E-state index in [9.17, 15) is 14.9 Å². The van der Waals surface area contributed by atoms with Gasteiger partial charge in [-0.05, 0) is 66.7 Å². The summed E-state index contributed by atoms with van der Waals surface area (Å²) in [7, 11) is 0. The Morgan fingerprint density at radius 1 is 1.00 bits per heavy atom. The van der Waals surface area contributed by atoms with Gasteiger partial charge in [0.05, 0.1) is 16.9 Å². The molecule has 36 heavy (non-hydrogen) atoms. The van der Waals surface area contributed by atoms with E-state index >= 15 is 0 Å². The fraction of sp³-hybridized carbons (Fsp3) is 0.367. The molecule has 2 amide bonds. The van der Waals surface area contributed by atoms with Gasteiger partial charge in [-0.15, -0.1) is 11.3 Å². The summed E-state index contributed by atoms with van der Waals surface area (Å²) >= 11 is 1.44. The summed E-state index contributed by atoms with van der Waals surface area (Å²) in [4.78, 5) is 30.2. The number of likely N-dealkylation sites (tertiary alicyclic amines) is 1. The highest BCUT2D eigenvalue weighted by molar-refractivity contribution is 7.11. The van der Waals surface area contributed by atoms with Crippen LogP contribution in [0, 0.1) is 22.2 Å². The van der Waals surface area contributed by atoms with Crippen LogP contribution in [-0.2, 0) is 16.1 Å². The van der Waals surface area contributed by atoms with E-state index in [4.69, 9.17) is 0 Å². The molecule has 6 heteroatoms. The number of nitrogens with zero attached hydrogens (tertiary/aromatic N) is 2. The molecule has 2 aromatic carbocycles. The SMILES string of the molecule is N#Cc1sccc1-c1ccc(CNC(=O)C2(C3(C(=O)N4CCCC4c4ccccc4)CC3)CC2)cc1. The van der Waals surface area contributed by atoms with E-state index in [1.54, 1.807) is 0 Å². The van der Waals surface area contributed by atoms with Gasteiger partial charge in [0.25, 0.3) is 0 Å². The van der Waals surface area contributed by atoms with Crippen LogP contribution in [0.1, 0.15) is 60.6 Å². The summed E-state index contributed by atoms with van der Waals surface area (Å²) < 4.78 is 0. The lowest BCUT2D eigenvalue weighted by Crippen LogP contribution is -2.46. The Labute approximate surface area is 215 Å². The maximum absolute atomic E-state index is 13.9. The number of rotatable bonds is 7. The number of carbonyl (C=O) groups excluding carboxylic acids is 2. The van der Waals surface area contributed by atoms with Gasteiger partial charge in [-0.3, -0.25) is 9.59 Å². The van der Waals surface area contributed by atoms with Gasteiger partial charge in [-0.25, -0.2) is 0 Å². The van der Waals surface area contributed by atoms with Crippen LogP contribution in [0.25, 0.3) is 11.1 Å². The van der Waals surface area contributed by atoms with Crippen LogP contribution in [0.3, 0.4) is 0 Å². The fourth-order valence-corrected chi connectivity index (χ4v) is 6.86. The van der Waals surface area contributed by atoms with Crippen LogP contribution in [0.2, 0.25) is 0 Å². The molecule has 6 rings (SSSR count). The van der Waals surface area contributed by atoms with E-state index in [1.807, 2.05) is 53.9 Å². The number of carbonyl (C=O) groups is 2. The summed E-state index contributed by atoms with van der Waals surface area (Å²) in [6.07, 6.45) is 5.21. The quantitative estimate of drug-likeness (QED) is 0.448. The van der Waals surface area contributed by atoms with Gasteiger partial charge in [0.2, 0.25) is 11.8 Å². The molecule has 1 aliphatic heterocycles. The third kappa shape index (κ3) is 3.74. The third-order valence-corrected chi connectivity index (χ3v) is 9.26. The van der Waals surface area contributed by atoms with Crippen molar-refractivity contribution in [1.82, 2.24) is 10.2 Å². The maximum Gasteiger partial charge on any atom is 0.230 e. The Balaban J connectivity index is 1.13. The standard InChI is InChI=1S/C30H29N3O2S/c31-19-26-24(12-18-36-26)22-10-8-21(9-11-22)20-32-27(34)29(13-14-29)30(15-16-30)28(35)33-17-4-7-25(33)23-5-2-1-3-6-23/h1-3,5-6,8-12,18,25H,4,7,13-17,20H2,(H,32,34). The maximum atomic E-state index is 13.9. The molecule has 2 aliphatic carbocycles. The molecule has 182 valence electrons. The van der Waals surface area contributed by atoms with Gasteiger partial charge in [0.1, 0.15) is 10.9 Å². The Morgan fingerprint density at radius 3 is 2.39 bits per heavy atom. The van der Waals surface area contributed by atoms with Crippen molar-refractivity contribution in [2.24, 2.45) is 10.8 Å². The molecule has 2 saturated carbocycles. The predicted molar refractivity (Wildman–Crippen MR) is 140 cm³/mol. The second-order valence-corrected chi connectivity index (χ2v) is 11.3. The number of nitriles is 1. The van der Waals surface area contributed by atoms with Crippen molar-refractivity contribution in [3.05, 3.63) is 82.0 Å². The van der Waals surface area contributed by atoms with Crippen LogP contribution in [-0.4, -0.2) is 23.3 Å². The van der Waals surface area contributed by atoms with Crippen LogP contribution in [0.5, 0.6) is 0 Å². The summed E-state index contributed by atoms with van der Waals surface area (Å²) in [6, 6.07) is 22.6. The zero-order chi connectivity index (χ0) is 24.8. The van der Waals surface area contributed by atoms with Gasteiger partial charge >= 0.3 is 0 Å². The van der Waals surface area contributed by atoms with E-state index in [0.717, 1.165) is 61.8 Å². The van der Waals surface area contributed by atoms with Gasteiger partial charge in [0, 0.05) is 18.7 Å². The Hall–Kier alpha value is -3.43. The first kappa shape index (κ1) is 23.0. The molecular weight excluding hydrogens is 466 g/mol. The first-order valence-electron chi connectivity index (χ1n) is 12.8. The lowest BCUT2D eigenvalue weighted by atomic mass is 9.82. The van der Waals surface area contributed by atoms with Gasteiger partial charge in [-0.2, -0.15) is 5.26 Å². The van der Waals surface area contributed by atoms with Crippen LogP contribution in [0.4, 0.5) is 0 Å². The molecule has 1 unspecified atom stereocenters. The number of hydrogen-bond acceptors (Lipinski definition) is 4. The monoisotopic (exact) mass is 495 g/mol. The molecule has 1 aromatic heterocycles. The summed E-state index contributed by atoms with van der Waals surface area (Å²) in [6.45, 7) is 1.22. The van der Waals surface area contributed by atoms with Crippen LogP contribution >= 0.6 is 11.3 Å². The van der Waals surface area contributed by atoms with Crippen molar-refractivity contribution in [3.63, 3.8) is 0 Å². The third-order valence-electron chi connectivity index (χ3n) is 8.44. The smallest absolute Gasteiger partial charge is 0.230 e. The number of benzene rings is 2. The molecule has 0 bridgehead atoms. The zero-order valence-electron chi connectivity index (χ0n) is 20.2. The highest BCUT2D eigenvalue weighted by Gasteiger charge is 2.74. The number of thiophene rings is 1. The highest BCUT2D eigenvalue weighted by atomic mass is 32.1. The average Bonchev–Trinajstić information content (AvgIpc) is 3.81. The molecule has 3 fully saturated rings. The molecule has 2 heterocycles. The van der Waals surface area contributed by atoms with Crippen molar-refractivity contribution < 1.29 is 9.59 Å². The number of amides is 2. The lowest BCUT2D eigenvalue weighted by Gasteiger charge is -2.33. The van der Waals surface area contributed by atoms with Gasteiger partial charge in [0.15, 0.2) is 0 Å². The number of hydrogen-bond donors (Lipinski definition) is 1. The Kier molecular flexibility index (Phi) is 5.69. The van der Waals surface area contributed by atoms with Crippen LogP contribution < -0.4 is 5.32 Å².